The number of ether oxygens (including phenoxy) is 3. The van der Waals surface area contributed by atoms with E-state index in [4.69, 9.17) is 14.2 Å². The lowest BCUT2D eigenvalue weighted by Gasteiger charge is -2.10. The van der Waals surface area contributed by atoms with Gasteiger partial charge in [0.1, 0.15) is 5.56 Å². The summed E-state index contributed by atoms with van der Waals surface area (Å²) in [4.78, 5) is 47.2. The van der Waals surface area contributed by atoms with Crippen LogP contribution in [0.1, 0.15) is 39.1 Å². The van der Waals surface area contributed by atoms with Gasteiger partial charge in [-0.2, -0.15) is 0 Å². The summed E-state index contributed by atoms with van der Waals surface area (Å²) in [5.74, 6) is -1.95. The molecule has 30 heavy (non-hydrogen) atoms. The third-order valence-electron chi connectivity index (χ3n) is 4.74. The summed E-state index contributed by atoms with van der Waals surface area (Å²) in [5.41, 5.74) is 0.644. The number of hydrogen-bond acceptors (Lipinski definition) is 8. The maximum absolute atomic E-state index is 12.4. The number of esters is 1. The highest BCUT2D eigenvalue weighted by molar-refractivity contribution is 6.05. The molecule has 0 spiro atoms. The molecule has 1 heterocycles. The number of amides is 1. The quantitative estimate of drug-likeness (QED) is 0.316. The van der Waals surface area contributed by atoms with E-state index in [9.17, 15) is 24.5 Å². The molecule has 2 aromatic carbocycles. The summed E-state index contributed by atoms with van der Waals surface area (Å²) in [6.07, 6.45) is 0. The molecule has 0 unspecified atom stereocenters. The Kier molecular flexibility index (Phi) is 5.67. The van der Waals surface area contributed by atoms with E-state index in [0.717, 1.165) is 12.1 Å². The van der Waals surface area contributed by atoms with Crippen LogP contribution >= 0.6 is 0 Å². The van der Waals surface area contributed by atoms with Crippen molar-refractivity contribution in [3.63, 3.8) is 0 Å². The van der Waals surface area contributed by atoms with E-state index in [1.165, 1.54) is 20.3 Å². The maximum Gasteiger partial charge on any atom is 0.345 e. The van der Waals surface area contributed by atoms with Crippen LogP contribution in [0.4, 0.5) is 11.4 Å². The van der Waals surface area contributed by atoms with Gasteiger partial charge >= 0.3 is 5.97 Å². The van der Waals surface area contributed by atoms with Crippen LogP contribution in [-0.4, -0.2) is 43.4 Å². The highest BCUT2D eigenvalue weighted by Crippen LogP contribution is 2.35. The van der Waals surface area contributed by atoms with E-state index >= 15 is 0 Å². The number of benzene rings is 2. The average molecular weight is 414 g/mol. The number of nitro benzene ring substituents is 1. The molecule has 0 saturated heterocycles. The number of nitrogens with one attached hydrogen (secondary N) is 1. The summed E-state index contributed by atoms with van der Waals surface area (Å²) < 4.78 is 15.1. The molecule has 0 saturated carbocycles. The molecule has 1 aliphatic rings. The van der Waals surface area contributed by atoms with Crippen molar-refractivity contribution in [2.75, 3.05) is 26.1 Å². The predicted octanol–water partition coefficient (Wildman–Crippen LogP) is 2.71. The van der Waals surface area contributed by atoms with Crippen LogP contribution in [0.15, 0.2) is 30.3 Å². The van der Waals surface area contributed by atoms with E-state index < -0.39 is 34.9 Å². The molecule has 156 valence electrons. The van der Waals surface area contributed by atoms with E-state index in [0.29, 0.717) is 11.3 Å². The van der Waals surface area contributed by atoms with Crippen molar-refractivity contribution in [3.8, 4) is 11.5 Å². The van der Waals surface area contributed by atoms with Gasteiger partial charge < -0.3 is 19.5 Å². The zero-order valence-corrected chi connectivity index (χ0v) is 16.4. The third-order valence-corrected chi connectivity index (χ3v) is 4.74. The fourth-order valence-corrected chi connectivity index (χ4v) is 3.07. The molecule has 10 nitrogen and oxygen atoms in total. The zero-order chi connectivity index (χ0) is 22.0. The number of nitro groups is 1. The Hall–Kier alpha value is -3.95. The molecule has 3 rings (SSSR count). The molecule has 0 radical (unpaired) electrons. The van der Waals surface area contributed by atoms with Crippen LogP contribution in [0.3, 0.4) is 0 Å². The number of fused-ring (bicyclic) bond motifs is 1. The maximum atomic E-state index is 12.4. The van der Waals surface area contributed by atoms with Crippen molar-refractivity contribution in [3.05, 3.63) is 57.1 Å². The molecule has 0 aromatic heterocycles. The van der Waals surface area contributed by atoms with Crippen LogP contribution in [-0.2, 0) is 9.53 Å². The number of Topliss-reactive ketones (excluding diaryl/α,β-unsaturated/α-hetero) is 1. The lowest BCUT2D eigenvalue weighted by atomic mass is 9.99. The van der Waals surface area contributed by atoms with Gasteiger partial charge in [-0.05, 0) is 30.7 Å². The van der Waals surface area contributed by atoms with Gasteiger partial charge in [-0.15, -0.1) is 0 Å². The average Bonchev–Trinajstić information content (AvgIpc) is 3.03. The van der Waals surface area contributed by atoms with Crippen LogP contribution in [0.5, 0.6) is 11.5 Å². The second-order valence-electron chi connectivity index (χ2n) is 6.49. The summed E-state index contributed by atoms with van der Waals surface area (Å²) in [6, 6.07) is 6.84. The minimum atomic E-state index is -1.05. The topological polar surface area (TPSA) is 134 Å². The van der Waals surface area contributed by atoms with E-state index in [1.54, 1.807) is 19.1 Å². The minimum absolute atomic E-state index is 0.0762. The van der Waals surface area contributed by atoms with Crippen LogP contribution in [0.2, 0.25) is 0 Å². The number of carbonyl (C=O) groups is 3. The lowest BCUT2D eigenvalue weighted by Crippen LogP contribution is -2.16. The van der Waals surface area contributed by atoms with Crippen molar-refractivity contribution in [2.45, 2.75) is 12.8 Å². The SMILES string of the molecule is COc1cc(C(=O)OCC(=O)c2ccc3c(c2)[C@H](C)C(=O)N3)c([N+](=O)[O-])cc1OC. The smallest absolute Gasteiger partial charge is 0.345 e. The van der Waals surface area contributed by atoms with Crippen molar-refractivity contribution >= 4 is 29.0 Å². The fourth-order valence-electron chi connectivity index (χ4n) is 3.07. The Morgan fingerprint density at radius 2 is 1.80 bits per heavy atom. The number of anilines is 1. The first-order valence-corrected chi connectivity index (χ1v) is 8.82. The monoisotopic (exact) mass is 414 g/mol. The number of hydrogen-bond donors (Lipinski definition) is 1. The van der Waals surface area contributed by atoms with Crippen molar-refractivity contribution in [2.24, 2.45) is 0 Å². The highest BCUT2D eigenvalue weighted by atomic mass is 16.6. The van der Waals surface area contributed by atoms with E-state index in [2.05, 4.69) is 5.32 Å². The summed E-state index contributed by atoms with van der Waals surface area (Å²) in [6.45, 7) is 1.09. The van der Waals surface area contributed by atoms with Gasteiger partial charge in [0, 0.05) is 17.3 Å². The molecule has 1 atom stereocenters. The first-order valence-electron chi connectivity index (χ1n) is 8.82. The first-order chi connectivity index (χ1) is 14.3. The molecule has 0 aliphatic carbocycles. The van der Waals surface area contributed by atoms with Crippen molar-refractivity contribution in [1.82, 2.24) is 0 Å². The number of methoxy groups -OCH3 is 2. The highest BCUT2D eigenvalue weighted by Gasteiger charge is 2.28. The molecule has 0 bridgehead atoms. The molecule has 0 fully saturated rings. The normalized spacial score (nSPS) is 14.5. The Balaban J connectivity index is 1.78. The molecule has 10 heteroatoms. The van der Waals surface area contributed by atoms with Crippen LogP contribution in [0, 0.1) is 10.1 Å². The largest absolute Gasteiger partial charge is 0.493 e. The van der Waals surface area contributed by atoms with E-state index in [1.807, 2.05) is 0 Å². The zero-order valence-electron chi connectivity index (χ0n) is 16.4. The number of carbonyl (C=O) groups excluding carboxylic acids is 3. The first kappa shape index (κ1) is 20.8. The van der Waals surface area contributed by atoms with Gasteiger partial charge in [0.15, 0.2) is 23.9 Å². The number of ketones is 1. The van der Waals surface area contributed by atoms with Gasteiger partial charge in [-0.1, -0.05) is 0 Å². The molecular weight excluding hydrogens is 396 g/mol. The third kappa shape index (κ3) is 3.79. The van der Waals surface area contributed by atoms with Crippen molar-refractivity contribution < 1.29 is 33.5 Å². The number of nitrogens with zero attached hydrogens (tertiary/aromatic N) is 1. The standard InChI is InChI=1S/C20H18N2O8/c1-10-12-6-11(4-5-14(12)21-19(10)24)16(23)9-30-20(25)13-7-17(28-2)18(29-3)8-15(13)22(26)27/h4-8,10H,9H2,1-3H3,(H,21,24)/t10-/m0/s1. The Morgan fingerprint density at radius 3 is 2.43 bits per heavy atom. The van der Waals surface area contributed by atoms with Gasteiger partial charge in [-0.3, -0.25) is 19.7 Å². The van der Waals surface area contributed by atoms with Crippen LogP contribution < -0.4 is 14.8 Å². The summed E-state index contributed by atoms with van der Waals surface area (Å²) in [5, 5.41) is 14.0. The summed E-state index contributed by atoms with van der Waals surface area (Å²) >= 11 is 0. The molecular formula is C20H18N2O8. The lowest BCUT2D eigenvalue weighted by molar-refractivity contribution is -0.385. The van der Waals surface area contributed by atoms with Gasteiger partial charge in [0.05, 0.1) is 31.1 Å². The van der Waals surface area contributed by atoms with E-state index in [-0.39, 0.29) is 28.5 Å². The Bertz CT molecular complexity index is 1060. The summed E-state index contributed by atoms with van der Waals surface area (Å²) in [7, 11) is 2.62. The number of rotatable bonds is 7. The van der Waals surface area contributed by atoms with Gasteiger partial charge in [0.25, 0.3) is 5.69 Å². The van der Waals surface area contributed by atoms with Gasteiger partial charge in [-0.25, -0.2) is 4.79 Å². The van der Waals surface area contributed by atoms with Crippen LogP contribution in [0.25, 0.3) is 0 Å². The molecule has 2 aromatic rings. The Labute approximate surface area is 170 Å². The molecule has 1 N–H and O–H groups in total. The second-order valence-corrected chi connectivity index (χ2v) is 6.49. The fraction of sp³-hybridized carbons (Fsp3) is 0.250. The van der Waals surface area contributed by atoms with Crippen molar-refractivity contribution in [1.29, 1.82) is 0 Å². The molecule has 1 amide bonds. The predicted molar refractivity (Wildman–Crippen MR) is 104 cm³/mol. The second kappa shape index (κ2) is 8.19. The minimum Gasteiger partial charge on any atom is -0.493 e. The van der Waals surface area contributed by atoms with Gasteiger partial charge in [0.2, 0.25) is 5.91 Å². The Morgan fingerprint density at radius 1 is 1.13 bits per heavy atom. The molecule has 1 aliphatic heterocycles.